The van der Waals surface area contributed by atoms with Gasteiger partial charge in [-0.3, -0.25) is 0 Å². The minimum atomic E-state index is -0.341. The predicted molar refractivity (Wildman–Crippen MR) is 172 cm³/mol. The Hall–Kier alpha value is -5.48. The minimum Gasteiger partial charge on any atom is -0.456 e. The number of hydrogen-bond donors (Lipinski definition) is 0. The first-order valence-electron chi connectivity index (χ1n) is 14.2. The highest BCUT2D eigenvalue weighted by Gasteiger charge is 2.22. The van der Waals surface area contributed by atoms with E-state index in [0.29, 0.717) is 33.5 Å². The molecule has 4 heteroatoms. The van der Waals surface area contributed by atoms with Crippen LogP contribution in [0, 0.1) is 18.6 Å². The first kappa shape index (κ1) is 24.2. The van der Waals surface area contributed by atoms with Gasteiger partial charge in [-0.2, -0.15) is 0 Å². The fourth-order valence-corrected chi connectivity index (χ4v) is 6.69. The van der Waals surface area contributed by atoms with Crippen molar-refractivity contribution in [3.63, 3.8) is 0 Å². The molecule has 2 nitrogen and oxygen atoms in total. The zero-order valence-electron chi connectivity index (χ0n) is 23.0. The van der Waals surface area contributed by atoms with Crippen molar-refractivity contribution in [2.45, 2.75) is 6.92 Å². The van der Waals surface area contributed by atoms with Gasteiger partial charge in [-0.1, -0.05) is 84.4 Å². The highest BCUT2D eigenvalue weighted by molar-refractivity contribution is 6.39. The Kier molecular flexibility index (Phi) is 4.92. The number of aryl methyl sites for hydroxylation is 1. The molecule has 0 aliphatic carbocycles. The van der Waals surface area contributed by atoms with E-state index in [2.05, 4.69) is 12.1 Å². The summed E-state index contributed by atoms with van der Waals surface area (Å²) in [5, 5.41) is 7.39. The summed E-state index contributed by atoms with van der Waals surface area (Å²) in [5.41, 5.74) is 5.99. The maximum atomic E-state index is 15.6. The van der Waals surface area contributed by atoms with Crippen LogP contribution in [0.15, 0.2) is 124 Å². The summed E-state index contributed by atoms with van der Waals surface area (Å²) in [6.45, 7) is 2.02. The predicted octanol–water partition coefficient (Wildman–Crippen LogP) is 11.7. The van der Waals surface area contributed by atoms with Gasteiger partial charge in [0, 0.05) is 55.6 Å². The molecular formula is C39H22F2O2. The molecule has 7 aromatic carbocycles. The van der Waals surface area contributed by atoms with Crippen molar-refractivity contribution < 1.29 is 17.6 Å². The van der Waals surface area contributed by atoms with Gasteiger partial charge in [0.15, 0.2) is 0 Å². The van der Waals surface area contributed by atoms with Gasteiger partial charge >= 0.3 is 0 Å². The van der Waals surface area contributed by atoms with Crippen LogP contribution in [0.25, 0.3) is 87.7 Å². The van der Waals surface area contributed by atoms with Crippen LogP contribution < -0.4 is 0 Å². The molecule has 0 saturated carbocycles. The molecule has 0 unspecified atom stereocenters. The van der Waals surface area contributed by atoms with Gasteiger partial charge < -0.3 is 8.83 Å². The number of halogens is 2. The molecule has 0 radical (unpaired) electrons. The third-order valence-corrected chi connectivity index (χ3v) is 8.66. The molecule has 2 heterocycles. The molecule has 43 heavy (non-hydrogen) atoms. The van der Waals surface area contributed by atoms with E-state index in [1.165, 1.54) is 12.1 Å². The third kappa shape index (κ3) is 3.44. The second-order valence-electron chi connectivity index (χ2n) is 11.2. The molecule has 204 valence electrons. The number of fused-ring (bicyclic) bond motifs is 6. The summed E-state index contributed by atoms with van der Waals surface area (Å²) < 4.78 is 43.9. The molecule has 0 saturated heterocycles. The fourth-order valence-electron chi connectivity index (χ4n) is 6.69. The Morgan fingerprint density at radius 2 is 0.907 bits per heavy atom. The molecule has 0 N–H and O–H groups in total. The third-order valence-electron chi connectivity index (χ3n) is 8.66. The average Bonchev–Trinajstić information content (AvgIpc) is 3.02. The zero-order valence-corrected chi connectivity index (χ0v) is 23.0. The molecule has 0 amide bonds. The lowest BCUT2D eigenvalue weighted by Crippen LogP contribution is -1.93. The first-order valence-corrected chi connectivity index (χ1v) is 14.2. The van der Waals surface area contributed by atoms with Gasteiger partial charge in [0.1, 0.15) is 34.0 Å². The zero-order chi connectivity index (χ0) is 28.8. The van der Waals surface area contributed by atoms with E-state index in [1.807, 2.05) is 97.9 Å². The van der Waals surface area contributed by atoms with E-state index in [0.717, 1.165) is 59.8 Å². The average molecular weight is 561 g/mol. The molecule has 0 aliphatic rings. The van der Waals surface area contributed by atoms with Crippen LogP contribution in [-0.4, -0.2) is 0 Å². The quantitative estimate of drug-likeness (QED) is 0.155. The van der Waals surface area contributed by atoms with Gasteiger partial charge in [0.25, 0.3) is 0 Å². The molecule has 0 spiro atoms. The smallest absolute Gasteiger partial charge is 0.138 e. The second-order valence-corrected chi connectivity index (χ2v) is 11.2. The summed E-state index contributed by atoms with van der Waals surface area (Å²) in [7, 11) is 0. The van der Waals surface area contributed by atoms with Crippen molar-refractivity contribution in [2.75, 3.05) is 0 Å². The molecule has 0 aliphatic heterocycles. The molecule has 0 bridgehead atoms. The normalized spacial score (nSPS) is 12.1. The summed E-state index contributed by atoms with van der Waals surface area (Å²) in [6, 6.07) is 36.1. The summed E-state index contributed by atoms with van der Waals surface area (Å²) in [5.74, 6) is -0.681. The lowest BCUT2D eigenvalue weighted by Gasteiger charge is -2.18. The lowest BCUT2D eigenvalue weighted by atomic mass is 9.89. The van der Waals surface area contributed by atoms with Crippen LogP contribution in [0.5, 0.6) is 0 Å². The topological polar surface area (TPSA) is 26.3 Å². The maximum Gasteiger partial charge on any atom is 0.138 e. The van der Waals surface area contributed by atoms with E-state index in [9.17, 15) is 0 Å². The van der Waals surface area contributed by atoms with Crippen molar-refractivity contribution in [1.82, 2.24) is 0 Å². The first-order chi connectivity index (χ1) is 21.0. The van der Waals surface area contributed by atoms with E-state index in [-0.39, 0.29) is 11.6 Å². The Morgan fingerprint density at radius 1 is 0.419 bits per heavy atom. The number of hydrogen-bond acceptors (Lipinski definition) is 2. The van der Waals surface area contributed by atoms with Crippen LogP contribution >= 0.6 is 0 Å². The van der Waals surface area contributed by atoms with E-state index in [1.54, 1.807) is 0 Å². The number of benzene rings is 7. The Morgan fingerprint density at radius 3 is 1.42 bits per heavy atom. The van der Waals surface area contributed by atoms with Crippen molar-refractivity contribution in [1.29, 1.82) is 0 Å². The molecule has 9 rings (SSSR count). The number of rotatable bonds is 2. The lowest BCUT2D eigenvalue weighted by molar-refractivity contribution is 0.618. The highest BCUT2D eigenvalue weighted by atomic mass is 19.1. The van der Waals surface area contributed by atoms with Crippen LogP contribution in [0.1, 0.15) is 5.56 Å². The minimum absolute atomic E-state index is 0.339. The molecule has 2 aromatic heterocycles. The van der Waals surface area contributed by atoms with Gasteiger partial charge in [0.05, 0.1) is 0 Å². The van der Waals surface area contributed by atoms with Crippen LogP contribution in [0.2, 0.25) is 0 Å². The molecule has 9 aromatic rings. The van der Waals surface area contributed by atoms with Crippen molar-refractivity contribution in [3.8, 4) is 22.3 Å². The van der Waals surface area contributed by atoms with Gasteiger partial charge in [-0.15, -0.1) is 0 Å². The van der Waals surface area contributed by atoms with Crippen LogP contribution in [-0.2, 0) is 0 Å². The summed E-state index contributed by atoms with van der Waals surface area (Å²) in [4.78, 5) is 0. The monoisotopic (exact) mass is 560 g/mol. The molecule has 0 atom stereocenters. The molecule has 0 fully saturated rings. The molecular weight excluding hydrogens is 538 g/mol. The standard InChI is InChI=1S/C39H22F2O2/c1-21-13-15-23(16-14-21)27-18-29-35(20-31(27)41)43-33-12-5-9-24-36-28-17-26(22-7-3-2-4-8-22)30(40)19-34(28)42-32-11-6-10-25(38(32)36)37(29)39(24)33/h2-20H,1H3. The van der Waals surface area contributed by atoms with E-state index >= 15 is 8.78 Å². The Labute approximate surface area is 244 Å². The fraction of sp³-hybridized carbons (Fsp3) is 0.0256. The van der Waals surface area contributed by atoms with Gasteiger partial charge in [-0.05, 0) is 53.1 Å². The summed E-state index contributed by atoms with van der Waals surface area (Å²) in [6.07, 6.45) is 0. The second kappa shape index (κ2) is 8.76. The van der Waals surface area contributed by atoms with Crippen molar-refractivity contribution in [2.24, 2.45) is 0 Å². The van der Waals surface area contributed by atoms with Gasteiger partial charge in [-0.25, -0.2) is 8.78 Å². The Balaban J connectivity index is 1.49. The van der Waals surface area contributed by atoms with E-state index in [4.69, 9.17) is 8.83 Å². The SMILES string of the molecule is Cc1ccc(-c2cc3c(cc2F)oc2cccc4c2c3c2cccc3oc5cc(F)c(-c6ccccc6)cc5c4c32)cc1. The van der Waals surface area contributed by atoms with E-state index < -0.39 is 0 Å². The summed E-state index contributed by atoms with van der Waals surface area (Å²) >= 11 is 0. The van der Waals surface area contributed by atoms with Crippen LogP contribution in [0.4, 0.5) is 8.78 Å². The van der Waals surface area contributed by atoms with Crippen molar-refractivity contribution in [3.05, 3.63) is 132 Å². The maximum absolute atomic E-state index is 15.6. The highest BCUT2D eigenvalue weighted by Crippen LogP contribution is 2.47. The van der Waals surface area contributed by atoms with Crippen LogP contribution in [0.3, 0.4) is 0 Å². The van der Waals surface area contributed by atoms with Gasteiger partial charge in [0.2, 0.25) is 0 Å². The largest absolute Gasteiger partial charge is 0.456 e. The Bertz CT molecular complexity index is 2570. The van der Waals surface area contributed by atoms with Crippen molar-refractivity contribution >= 4 is 65.4 Å².